The average Bonchev–Trinajstić information content (AvgIpc) is 3.10. The van der Waals surface area contributed by atoms with Crippen LogP contribution in [0.5, 0.6) is 5.75 Å². The van der Waals surface area contributed by atoms with E-state index in [9.17, 15) is 18.0 Å². The third-order valence-corrected chi connectivity index (χ3v) is 4.38. The van der Waals surface area contributed by atoms with Gasteiger partial charge in [-0.2, -0.15) is 13.2 Å². The molecule has 1 aromatic carbocycles. The third-order valence-electron chi connectivity index (χ3n) is 4.38. The minimum atomic E-state index is -4.18. The zero-order valence-electron chi connectivity index (χ0n) is 17.1. The molecule has 1 heterocycles. The summed E-state index contributed by atoms with van der Waals surface area (Å²) in [5.41, 5.74) is 0.524. The molecule has 1 aliphatic rings. The molecule has 7 nitrogen and oxygen atoms in total. The number of ether oxygens (including phenoxy) is 1. The van der Waals surface area contributed by atoms with Gasteiger partial charge in [0.1, 0.15) is 5.75 Å². The SMILES string of the molecule is CCNC(=NCCNC(=O)c1ccc(OC)cc1)NC1CCN(CC(F)(F)F)C1.I. The molecule has 11 heteroatoms. The van der Waals surface area contributed by atoms with Crippen molar-refractivity contribution in [3.05, 3.63) is 29.8 Å². The van der Waals surface area contributed by atoms with E-state index in [-0.39, 0.29) is 35.9 Å². The number of aliphatic imine (C=N–C) groups is 1. The molecule has 3 N–H and O–H groups in total. The summed E-state index contributed by atoms with van der Waals surface area (Å²) in [4.78, 5) is 17.9. The summed E-state index contributed by atoms with van der Waals surface area (Å²) in [5, 5.41) is 9.03. The molecule has 0 spiro atoms. The number of rotatable bonds is 8. The predicted molar refractivity (Wildman–Crippen MR) is 121 cm³/mol. The van der Waals surface area contributed by atoms with Crippen molar-refractivity contribution in [2.45, 2.75) is 25.6 Å². The van der Waals surface area contributed by atoms with Crippen molar-refractivity contribution in [1.82, 2.24) is 20.9 Å². The van der Waals surface area contributed by atoms with Crippen molar-refractivity contribution in [2.24, 2.45) is 4.99 Å². The van der Waals surface area contributed by atoms with E-state index >= 15 is 0 Å². The van der Waals surface area contributed by atoms with Gasteiger partial charge in [0.05, 0.1) is 20.2 Å². The lowest BCUT2D eigenvalue weighted by Gasteiger charge is -2.19. The molecule has 170 valence electrons. The van der Waals surface area contributed by atoms with Crippen LogP contribution in [-0.2, 0) is 0 Å². The fourth-order valence-electron chi connectivity index (χ4n) is 3.04. The Bertz CT molecular complexity index is 686. The molecule has 1 aromatic rings. The Kier molecular flexibility index (Phi) is 11.2. The maximum absolute atomic E-state index is 12.5. The number of alkyl halides is 3. The van der Waals surface area contributed by atoms with Crippen molar-refractivity contribution < 1.29 is 22.7 Å². The minimum absolute atomic E-state index is 0. The highest BCUT2D eigenvalue weighted by atomic mass is 127. The van der Waals surface area contributed by atoms with Crippen LogP contribution in [0.15, 0.2) is 29.3 Å². The molecule has 1 unspecified atom stereocenters. The first kappa shape index (κ1) is 26.3. The van der Waals surface area contributed by atoms with Crippen LogP contribution in [-0.4, -0.2) is 75.4 Å². The molecule has 0 saturated carbocycles. The van der Waals surface area contributed by atoms with Gasteiger partial charge in [0.25, 0.3) is 5.91 Å². The lowest BCUT2D eigenvalue weighted by Crippen LogP contribution is -2.45. The molecular formula is C19H29F3IN5O2. The molecule has 0 aromatic heterocycles. The van der Waals surface area contributed by atoms with Gasteiger partial charge in [-0.1, -0.05) is 0 Å². The predicted octanol–water partition coefficient (Wildman–Crippen LogP) is 2.23. The highest BCUT2D eigenvalue weighted by Crippen LogP contribution is 2.19. The Hall–Kier alpha value is -1.76. The number of amides is 1. The Labute approximate surface area is 191 Å². The molecule has 0 aliphatic carbocycles. The zero-order chi connectivity index (χ0) is 21.3. The standard InChI is InChI=1S/C19H28F3N5O2.HI/c1-3-23-18(26-15-8-11-27(12-15)13-19(20,21)22)25-10-9-24-17(28)14-4-6-16(29-2)7-5-14;/h4-7,15H,3,8-13H2,1-2H3,(H,24,28)(H2,23,25,26);1H. The number of nitrogens with zero attached hydrogens (tertiary/aromatic N) is 2. The van der Waals surface area contributed by atoms with E-state index in [1.54, 1.807) is 31.4 Å². The average molecular weight is 543 g/mol. The van der Waals surface area contributed by atoms with Crippen molar-refractivity contribution in [3.8, 4) is 5.75 Å². The van der Waals surface area contributed by atoms with Crippen LogP contribution in [0.2, 0.25) is 0 Å². The number of halogens is 4. The number of carbonyl (C=O) groups excluding carboxylic acids is 1. The maximum Gasteiger partial charge on any atom is 0.401 e. The summed E-state index contributed by atoms with van der Waals surface area (Å²) in [6, 6.07) is 6.68. The van der Waals surface area contributed by atoms with Gasteiger partial charge < -0.3 is 20.7 Å². The lowest BCUT2D eigenvalue weighted by atomic mass is 10.2. The van der Waals surface area contributed by atoms with Gasteiger partial charge >= 0.3 is 6.18 Å². The van der Waals surface area contributed by atoms with Crippen LogP contribution in [0, 0.1) is 0 Å². The number of hydrogen-bond donors (Lipinski definition) is 3. The van der Waals surface area contributed by atoms with Crippen LogP contribution in [0.3, 0.4) is 0 Å². The van der Waals surface area contributed by atoms with Crippen molar-refractivity contribution in [3.63, 3.8) is 0 Å². The van der Waals surface area contributed by atoms with E-state index in [0.29, 0.717) is 56.4 Å². The number of methoxy groups -OCH3 is 1. The lowest BCUT2D eigenvalue weighted by molar-refractivity contribution is -0.143. The number of guanidine groups is 1. The largest absolute Gasteiger partial charge is 0.497 e. The molecular weight excluding hydrogens is 514 g/mol. The van der Waals surface area contributed by atoms with Crippen molar-refractivity contribution >= 4 is 35.8 Å². The molecule has 30 heavy (non-hydrogen) atoms. The normalized spacial score (nSPS) is 17.2. The summed E-state index contributed by atoms with van der Waals surface area (Å²) < 4.78 is 42.6. The van der Waals surface area contributed by atoms with Crippen LogP contribution >= 0.6 is 24.0 Å². The second kappa shape index (κ2) is 12.8. The van der Waals surface area contributed by atoms with Crippen LogP contribution < -0.4 is 20.7 Å². The van der Waals surface area contributed by atoms with Gasteiger partial charge in [-0.05, 0) is 37.6 Å². The number of benzene rings is 1. The third kappa shape index (κ3) is 9.37. The van der Waals surface area contributed by atoms with E-state index < -0.39 is 12.7 Å². The van der Waals surface area contributed by atoms with Crippen LogP contribution in [0.4, 0.5) is 13.2 Å². The van der Waals surface area contributed by atoms with Crippen LogP contribution in [0.25, 0.3) is 0 Å². The summed E-state index contributed by atoms with van der Waals surface area (Å²) >= 11 is 0. The van der Waals surface area contributed by atoms with E-state index in [0.717, 1.165) is 0 Å². The van der Waals surface area contributed by atoms with E-state index in [1.807, 2.05) is 6.92 Å². The molecule has 1 amide bonds. The first-order chi connectivity index (χ1) is 13.8. The fourth-order valence-corrected chi connectivity index (χ4v) is 3.04. The van der Waals surface area contributed by atoms with Gasteiger partial charge in [0, 0.05) is 37.8 Å². The Balaban J connectivity index is 0.00000450. The van der Waals surface area contributed by atoms with Crippen LogP contribution in [0.1, 0.15) is 23.7 Å². The van der Waals surface area contributed by atoms with Gasteiger partial charge in [0.15, 0.2) is 5.96 Å². The maximum atomic E-state index is 12.5. The molecule has 1 atom stereocenters. The van der Waals surface area contributed by atoms with Crippen molar-refractivity contribution in [2.75, 3.05) is 46.4 Å². The first-order valence-corrected chi connectivity index (χ1v) is 9.57. The quantitative estimate of drug-likeness (QED) is 0.203. The van der Waals surface area contributed by atoms with E-state index in [2.05, 4.69) is 20.9 Å². The summed E-state index contributed by atoms with van der Waals surface area (Å²) in [6.45, 7) is 3.04. The number of nitrogens with one attached hydrogen (secondary N) is 3. The van der Waals surface area contributed by atoms with Gasteiger partial charge in [-0.3, -0.25) is 14.7 Å². The van der Waals surface area contributed by atoms with E-state index in [1.165, 1.54) is 4.90 Å². The number of likely N-dealkylation sites (tertiary alicyclic amines) is 1. The summed E-state index contributed by atoms with van der Waals surface area (Å²) in [7, 11) is 1.56. The molecule has 0 bridgehead atoms. The number of hydrogen-bond acceptors (Lipinski definition) is 4. The monoisotopic (exact) mass is 543 g/mol. The molecule has 0 radical (unpaired) electrons. The molecule has 1 fully saturated rings. The van der Waals surface area contributed by atoms with Gasteiger partial charge in [0.2, 0.25) is 0 Å². The fraction of sp³-hybridized carbons (Fsp3) is 0.579. The highest BCUT2D eigenvalue weighted by molar-refractivity contribution is 14.0. The topological polar surface area (TPSA) is 78.0 Å². The molecule has 1 saturated heterocycles. The number of carbonyl (C=O) groups is 1. The highest BCUT2D eigenvalue weighted by Gasteiger charge is 2.34. The Morgan fingerprint density at radius 1 is 1.27 bits per heavy atom. The minimum Gasteiger partial charge on any atom is -0.497 e. The van der Waals surface area contributed by atoms with Gasteiger partial charge in [-0.25, -0.2) is 0 Å². The zero-order valence-corrected chi connectivity index (χ0v) is 19.4. The first-order valence-electron chi connectivity index (χ1n) is 9.57. The second-order valence-corrected chi connectivity index (χ2v) is 6.73. The summed E-state index contributed by atoms with van der Waals surface area (Å²) in [5.74, 6) is 0.998. The summed E-state index contributed by atoms with van der Waals surface area (Å²) in [6.07, 6.45) is -3.57. The van der Waals surface area contributed by atoms with E-state index in [4.69, 9.17) is 4.74 Å². The van der Waals surface area contributed by atoms with Crippen molar-refractivity contribution in [1.29, 1.82) is 0 Å². The van der Waals surface area contributed by atoms with Gasteiger partial charge in [-0.15, -0.1) is 24.0 Å². The molecule has 1 aliphatic heterocycles. The smallest absolute Gasteiger partial charge is 0.401 e. The Morgan fingerprint density at radius 2 is 1.97 bits per heavy atom. The second-order valence-electron chi connectivity index (χ2n) is 6.73. The molecule has 2 rings (SSSR count). The Morgan fingerprint density at radius 3 is 2.57 bits per heavy atom.